The van der Waals surface area contributed by atoms with E-state index < -0.39 is 0 Å². The van der Waals surface area contributed by atoms with Crippen molar-refractivity contribution in [1.29, 1.82) is 0 Å². The van der Waals surface area contributed by atoms with Crippen LogP contribution in [-0.4, -0.2) is 17.0 Å². The number of nitrogens with zero attached hydrogens (tertiary/aromatic N) is 1. The van der Waals surface area contributed by atoms with Gasteiger partial charge in [0, 0.05) is 11.4 Å². The van der Waals surface area contributed by atoms with E-state index in [2.05, 4.69) is 59.7 Å². The lowest BCUT2D eigenvalue weighted by atomic mass is 10.1. The third-order valence-corrected chi connectivity index (χ3v) is 5.08. The van der Waals surface area contributed by atoms with Crippen LogP contribution in [0.4, 0.5) is 5.69 Å². The lowest BCUT2D eigenvalue weighted by Gasteiger charge is -2.18. The molecule has 0 bridgehead atoms. The topological polar surface area (TPSA) is 24.4 Å². The molecule has 0 fully saturated rings. The van der Waals surface area contributed by atoms with E-state index in [0.717, 1.165) is 23.0 Å². The first-order chi connectivity index (χ1) is 10.3. The van der Waals surface area contributed by atoms with Gasteiger partial charge in [0.1, 0.15) is 0 Å². The average molecular weight is 294 g/mol. The zero-order valence-electron chi connectivity index (χ0n) is 12.1. The molecule has 1 aliphatic heterocycles. The molecule has 21 heavy (non-hydrogen) atoms. The van der Waals surface area contributed by atoms with Crippen LogP contribution in [0.5, 0.6) is 0 Å². The molecule has 106 valence electrons. The lowest BCUT2D eigenvalue weighted by molar-refractivity contribution is 0.720. The number of nitrogens with one attached hydrogen (secondary N) is 1. The van der Waals surface area contributed by atoms with Crippen molar-refractivity contribution in [2.45, 2.75) is 25.8 Å². The number of rotatable bonds is 1. The van der Waals surface area contributed by atoms with E-state index >= 15 is 0 Å². The summed E-state index contributed by atoms with van der Waals surface area (Å²) in [6, 6.07) is 15.8. The Bertz CT molecular complexity index is 721. The number of thioether (sulfide) groups is 1. The Balaban J connectivity index is 1.62. The summed E-state index contributed by atoms with van der Waals surface area (Å²) < 4.78 is 0. The highest BCUT2D eigenvalue weighted by atomic mass is 32.2. The van der Waals surface area contributed by atoms with Crippen molar-refractivity contribution in [3.05, 3.63) is 53.6 Å². The van der Waals surface area contributed by atoms with Crippen molar-refractivity contribution in [3.63, 3.8) is 0 Å². The quantitative estimate of drug-likeness (QED) is 0.712. The molecule has 0 aromatic heterocycles. The molecule has 1 aliphatic carbocycles. The van der Waals surface area contributed by atoms with Gasteiger partial charge in [-0.3, -0.25) is 4.99 Å². The fraction of sp³-hybridized carbons (Fsp3) is 0.278. The SMILES string of the molecule is CC1CCSC(Nc2ccc3c(c2)Cc2ccccc2-3)=N1. The predicted octanol–water partition coefficient (Wildman–Crippen LogP) is 4.55. The summed E-state index contributed by atoms with van der Waals surface area (Å²) in [6.45, 7) is 2.18. The van der Waals surface area contributed by atoms with E-state index in [0.29, 0.717) is 6.04 Å². The van der Waals surface area contributed by atoms with Crippen LogP contribution >= 0.6 is 11.8 Å². The maximum Gasteiger partial charge on any atom is 0.161 e. The molecule has 1 atom stereocenters. The van der Waals surface area contributed by atoms with Crippen molar-refractivity contribution >= 4 is 22.6 Å². The number of fused-ring (bicyclic) bond motifs is 3. The van der Waals surface area contributed by atoms with Crippen LogP contribution in [0.2, 0.25) is 0 Å². The Morgan fingerprint density at radius 1 is 1.10 bits per heavy atom. The van der Waals surface area contributed by atoms with Crippen LogP contribution in [-0.2, 0) is 6.42 Å². The summed E-state index contributed by atoms with van der Waals surface area (Å²) in [5, 5.41) is 4.54. The fourth-order valence-corrected chi connectivity index (χ4v) is 4.14. The summed E-state index contributed by atoms with van der Waals surface area (Å²) in [4.78, 5) is 4.68. The van der Waals surface area contributed by atoms with Gasteiger partial charge >= 0.3 is 0 Å². The maximum absolute atomic E-state index is 4.68. The third kappa shape index (κ3) is 2.46. The maximum atomic E-state index is 4.68. The molecule has 0 amide bonds. The van der Waals surface area contributed by atoms with E-state index in [1.165, 1.54) is 28.7 Å². The van der Waals surface area contributed by atoms with Gasteiger partial charge in [0.05, 0.1) is 6.04 Å². The third-order valence-electron chi connectivity index (χ3n) is 4.16. The molecule has 1 N–H and O–H groups in total. The van der Waals surface area contributed by atoms with Crippen molar-refractivity contribution in [2.24, 2.45) is 4.99 Å². The molecular formula is C18H18N2S. The summed E-state index contributed by atoms with van der Waals surface area (Å²) in [7, 11) is 0. The van der Waals surface area contributed by atoms with E-state index in [4.69, 9.17) is 0 Å². The Morgan fingerprint density at radius 3 is 2.86 bits per heavy atom. The van der Waals surface area contributed by atoms with Crippen LogP contribution < -0.4 is 5.32 Å². The molecule has 0 saturated carbocycles. The first-order valence-corrected chi connectivity index (χ1v) is 8.47. The van der Waals surface area contributed by atoms with Crippen LogP contribution in [0.3, 0.4) is 0 Å². The van der Waals surface area contributed by atoms with Gasteiger partial charge in [0.25, 0.3) is 0 Å². The van der Waals surface area contributed by atoms with Gasteiger partial charge in [-0.05, 0) is 54.2 Å². The Labute approximate surface area is 129 Å². The number of hydrogen-bond acceptors (Lipinski definition) is 3. The molecular weight excluding hydrogens is 276 g/mol. The predicted molar refractivity (Wildman–Crippen MR) is 92.3 cm³/mol. The molecule has 0 saturated heterocycles. The summed E-state index contributed by atoms with van der Waals surface area (Å²) in [6.07, 6.45) is 2.21. The van der Waals surface area contributed by atoms with E-state index in [1.807, 2.05) is 11.8 Å². The van der Waals surface area contributed by atoms with Gasteiger partial charge in [-0.2, -0.15) is 0 Å². The molecule has 2 aliphatic rings. The summed E-state index contributed by atoms with van der Waals surface area (Å²) in [5.74, 6) is 1.16. The van der Waals surface area contributed by atoms with Crippen molar-refractivity contribution in [2.75, 3.05) is 11.1 Å². The fourth-order valence-electron chi connectivity index (χ4n) is 3.04. The molecule has 1 heterocycles. The summed E-state index contributed by atoms with van der Waals surface area (Å²) in [5.41, 5.74) is 6.76. The van der Waals surface area contributed by atoms with Crippen LogP contribution in [0, 0.1) is 0 Å². The Hall–Kier alpha value is -1.74. The van der Waals surface area contributed by atoms with Crippen LogP contribution in [0.25, 0.3) is 11.1 Å². The van der Waals surface area contributed by atoms with Gasteiger partial charge in [-0.15, -0.1) is 0 Å². The van der Waals surface area contributed by atoms with Crippen LogP contribution in [0.15, 0.2) is 47.5 Å². The molecule has 0 spiro atoms. The minimum Gasteiger partial charge on any atom is -0.335 e. The normalized spacial score (nSPS) is 19.7. The molecule has 2 aromatic carbocycles. The first-order valence-electron chi connectivity index (χ1n) is 7.48. The van der Waals surface area contributed by atoms with Crippen molar-refractivity contribution in [1.82, 2.24) is 0 Å². The number of anilines is 1. The average Bonchev–Trinajstić information content (AvgIpc) is 2.85. The van der Waals surface area contributed by atoms with Crippen molar-refractivity contribution in [3.8, 4) is 11.1 Å². The number of benzene rings is 2. The van der Waals surface area contributed by atoms with E-state index in [9.17, 15) is 0 Å². The van der Waals surface area contributed by atoms with Crippen molar-refractivity contribution < 1.29 is 0 Å². The van der Waals surface area contributed by atoms with Gasteiger partial charge in [0.15, 0.2) is 5.17 Å². The standard InChI is InChI=1S/C18H18N2S/c1-12-8-9-21-18(19-12)20-15-6-7-17-14(11-15)10-13-4-2-3-5-16(13)17/h2-7,11-12H,8-10H2,1H3,(H,19,20). The largest absolute Gasteiger partial charge is 0.335 e. The highest BCUT2D eigenvalue weighted by Crippen LogP contribution is 2.37. The molecule has 1 unspecified atom stereocenters. The highest BCUT2D eigenvalue weighted by Gasteiger charge is 2.18. The monoisotopic (exact) mass is 294 g/mol. The number of hydrogen-bond donors (Lipinski definition) is 1. The first kappa shape index (κ1) is 13.0. The molecule has 4 rings (SSSR count). The van der Waals surface area contributed by atoms with Crippen LogP contribution in [0.1, 0.15) is 24.5 Å². The molecule has 2 nitrogen and oxygen atoms in total. The second kappa shape index (κ2) is 5.23. The minimum atomic E-state index is 0.437. The van der Waals surface area contributed by atoms with E-state index in [1.54, 1.807) is 0 Å². The molecule has 0 radical (unpaired) electrons. The second-order valence-electron chi connectivity index (χ2n) is 5.75. The number of amidine groups is 1. The van der Waals surface area contributed by atoms with Gasteiger partial charge < -0.3 is 5.32 Å². The number of aliphatic imine (C=N–C) groups is 1. The second-order valence-corrected chi connectivity index (χ2v) is 6.83. The minimum absolute atomic E-state index is 0.437. The molecule has 2 aromatic rings. The highest BCUT2D eigenvalue weighted by molar-refractivity contribution is 8.14. The van der Waals surface area contributed by atoms with Gasteiger partial charge in [0.2, 0.25) is 0 Å². The van der Waals surface area contributed by atoms with Gasteiger partial charge in [-0.1, -0.05) is 42.1 Å². The lowest BCUT2D eigenvalue weighted by Crippen LogP contribution is -2.18. The summed E-state index contributed by atoms with van der Waals surface area (Å²) >= 11 is 1.82. The molecule has 3 heteroatoms. The van der Waals surface area contributed by atoms with E-state index in [-0.39, 0.29) is 0 Å². The Morgan fingerprint density at radius 2 is 1.95 bits per heavy atom. The zero-order chi connectivity index (χ0) is 14.2. The zero-order valence-corrected chi connectivity index (χ0v) is 12.9. The smallest absolute Gasteiger partial charge is 0.161 e. The Kier molecular flexibility index (Phi) is 3.23. The van der Waals surface area contributed by atoms with Gasteiger partial charge in [-0.25, -0.2) is 0 Å².